The van der Waals surface area contributed by atoms with E-state index in [0.717, 1.165) is 48.7 Å². The summed E-state index contributed by atoms with van der Waals surface area (Å²) in [5, 5.41) is 6.44. The molecule has 0 saturated carbocycles. The smallest absolute Gasteiger partial charge is 0.223 e. The molecular formula is C26H28Cl2N2O3S. The second-order valence-electron chi connectivity index (χ2n) is 8.27. The van der Waals surface area contributed by atoms with Crippen molar-refractivity contribution in [2.45, 2.75) is 18.9 Å². The standard InChI is InChI=1S/C26H28Cl2N2O3S/c1-32-21-7-4-18(5-8-21)25(24-3-2-16-34-24)29-26(31)19-10-12-30(13-11-19)14-15-33-23-9-6-20(27)17-22(23)28/h2-9,16-17,19,25H,10-15H2,1H3,(H,29,31). The van der Waals surface area contributed by atoms with Gasteiger partial charge in [0.1, 0.15) is 18.1 Å². The molecule has 0 aliphatic carbocycles. The first-order valence-corrected chi connectivity index (χ1v) is 12.9. The van der Waals surface area contributed by atoms with E-state index < -0.39 is 0 Å². The van der Waals surface area contributed by atoms with Crippen LogP contribution in [0.1, 0.15) is 29.3 Å². The third-order valence-corrected chi connectivity index (χ3v) is 7.55. The summed E-state index contributed by atoms with van der Waals surface area (Å²) in [7, 11) is 1.65. The molecule has 1 unspecified atom stereocenters. The van der Waals surface area contributed by atoms with Gasteiger partial charge in [0.15, 0.2) is 0 Å². The molecule has 4 rings (SSSR count). The summed E-state index contributed by atoms with van der Waals surface area (Å²) in [4.78, 5) is 16.6. The van der Waals surface area contributed by atoms with Crippen molar-refractivity contribution in [2.24, 2.45) is 5.92 Å². The highest BCUT2D eigenvalue weighted by Gasteiger charge is 2.27. The van der Waals surface area contributed by atoms with E-state index in [-0.39, 0.29) is 17.9 Å². The van der Waals surface area contributed by atoms with Crippen LogP contribution in [0.25, 0.3) is 0 Å². The van der Waals surface area contributed by atoms with E-state index in [0.29, 0.717) is 22.4 Å². The van der Waals surface area contributed by atoms with E-state index in [9.17, 15) is 4.79 Å². The van der Waals surface area contributed by atoms with Gasteiger partial charge in [-0.15, -0.1) is 11.3 Å². The largest absolute Gasteiger partial charge is 0.497 e. The predicted octanol–water partition coefficient (Wildman–Crippen LogP) is 6.06. The maximum Gasteiger partial charge on any atom is 0.223 e. The number of carbonyl (C=O) groups is 1. The summed E-state index contributed by atoms with van der Waals surface area (Å²) < 4.78 is 11.1. The fraction of sp³-hybridized carbons (Fsp3) is 0.346. The zero-order chi connectivity index (χ0) is 23.9. The first kappa shape index (κ1) is 24.9. The SMILES string of the molecule is COc1ccc(C(NC(=O)C2CCN(CCOc3ccc(Cl)cc3Cl)CC2)c2cccs2)cc1. The quantitative estimate of drug-likeness (QED) is 0.374. The minimum absolute atomic E-state index is 0.00332. The van der Waals surface area contributed by atoms with Crippen LogP contribution in [-0.2, 0) is 4.79 Å². The van der Waals surface area contributed by atoms with Gasteiger partial charge in [-0.05, 0) is 73.3 Å². The Hall–Kier alpha value is -2.25. The summed E-state index contributed by atoms with van der Waals surface area (Å²) in [6.07, 6.45) is 1.65. The van der Waals surface area contributed by atoms with Gasteiger partial charge in [0.05, 0.1) is 18.2 Å². The van der Waals surface area contributed by atoms with E-state index in [4.69, 9.17) is 32.7 Å². The van der Waals surface area contributed by atoms with Crippen molar-refractivity contribution >= 4 is 40.4 Å². The third kappa shape index (κ3) is 6.45. The van der Waals surface area contributed by atoms with E-state index in [2.05, 4.69) is 16.3 Å². The fourth-order valence-electron chi connectivity index (χ4n) is 4.13. The Morgan fingerprint density at radius 3 is 2.56 bits per heavy atom. The van der Waals surface area contributed by atoms with Gasteiger partial charge in [-0.3, -0.25) is 9.69 Å². The molecule has 180 valence electrons. The van der Waals surface area contributed by atoms with Crippen molar-refractivity contribution < 1.29 is 14.3 Å². The molecule has 1 atom stereocenters. The van der Waals surface area contributed by atoms with Gasteiger partial charge < -0.3 is 14.8 Å². The maximum absolute atomic E-state index is 13.2. The van der Waals surface area contributed by atoms with E-state index >= 15 is 0 Å². The Labute approximate surface area is 214 Å². The van der Waals surface area contributed by atoms with Crippen LogP contribution < -0.4 is 14.8 Å². The average molecular weight is 519 g/mol. The summed E-state index contributed by atoms with van der Waals surface area (Å²) in [6.45, 7) is 3.05. The number of methoxy groups -OCH3 is 1. The Morgan fingerprint density at radius 1 is 1.15 bits per heavy atom. The number of carbonyl (C=O) groups excluding carboxylic acids is 1. The van der Waals surface area contributed by atoms with Crippen LogP contribution >= 0.6 is 34.5 Å². The van der Waals surface area contributed by atoms with Crippen molar-refractivity contribution in [1.82, 2.24) is 10.2 Å². The number of halogens is 2. The number of nitrogens with zero attached hydrogens (tertiary/aromatic N) is 1. The topological polar surface area (TPSA) is 50.8 Å². The monoisotopic (exact) mass is 518 g/mol. The number of thiophene rings is 1. The molecule has 3 aromatic rings. The number of nitrogens with one attached hydrogen (secondary N) is 1. The van der Waals surface area contributed by atoms with E-state index in [1.54, 1.807) is 36.6 Å². The van der Waals surface area contributed by atoms with E-state index in [1.807, 2.05) is 35.7 Å². The molecule has 2 aromatic carbocycles. The number of benzene rings is 2. The Kier molecular flexibility index (Phi) is 8.73. The third-order valence-electron chi connectivity index (χ3n) is 6.08. The van der Waals surface area contributed by atoms with Gasteiger partial charge in [0, 0.05) is 22.4 Å². The lowest BCUT2D eigenvalue weighted by Gasteiger charge is -2.32. The van der Waals surface area contributed by atoms with Gasteiger partial charge in [-0.1, -0.05) is 41.4 Å². The molecule has 1 saturated heterocycles. The summed E-state index contributed by atoms with van der Waals surface area (Å²) in [5.74, 6) is 1.55. The number of rotatable bonds is 9. The molecule has 0 radical (unpaired) electrons. The van der Waals surface area contributed by atoms with Gasteiger partial charge in [0.25, 0.3) is 0 Å². The van der Waals surface area contributed by atoms with Crippen molar-refractivity contribution in [1.29, 1.82) is 0 Å². The minimum atomic E-state index is -0.158. The minimum Gasteiger partial charge on any atom is -0.497 e. The second kappa shape index (κ2) is 11.9. The van der Waals surface area contributed by atoms with Crippen LogP contribution in [0.2, 0.25) is 10.0 Å². The molecule has 34 heavy (non-hydrogen) atoms. The molecule has 2 heterocycles. The van der Waals surface area contributed by atoms with Crippen molar-refractivity contribution in [3.8, 4) is 11.5 Å². The lowest BCUT2D eigenvalue weighted by atomic mass is 9.94. The molecular weight excluding hydrogens is 491 g/mol. The first-order chi connectivity index (χ1) is 16.5. The molecule has 1 aromatic heterocycles. The molecule has 1 amide bonds. The number of hydrogen-bond acceptors (Lipinski definition) is 5. The number of hydrogen-bond donors (Lipinski definition) is 1. The number of ether oxygens (including phenoxy) is 2. The lowest BCUT2D eigenvalue weighted by molar-refractivity contribution is -0.127. The first-order valence-electron chi connectivity index (χ1n) is 11.3. The van der Waals surface area contributed by atoms with Crippen LogP contribution in [0.4, 0.5) is 0 Å². The van der Waals surface area contributed by atoms with Crippen molar-refractivity contribution in [2.75, 3.05) is 33.4 Å². The average Bonchev–Trinajstić information content (AvgIpc) is 3.39. The molecule has 5 nitrogen and oxygen atoms in total. The predicted molar refractivity (Wildman–Crippen MR) is 138 cm³/mol. The van der Waals surface area contributed by atoms with Crippen LogP contribution in [0, 0.1) is 5.92 Å². The summed E-state index contributed by atoms with van der Waals surface area (Å²) >= 11 is 13.8. The molecule has 0 spiro atoms. The van der Waals surface area contributed by atoms with Gasteiger partial charge >= 0.3 is 0 Å². The van der Waals surface area contributed by atoms with Gasteiger partial charge in [0.2, 0.25) is 5.91 Å². The molecule has 1 aliphatic rings. The molecule has 8 heteroatoms. The van der Waals surface area contributed by atoms with Crippen LogP contribution in [0.3, 0.4) is 0 Å². The van der Waals surface area contributed by atoms with Crippen LogP contribution in [0.15, 0.2) is 60.0 Å². The fourth-order valence-corrected chi connectivity index (χ4v) is 5.39. The maximum atomic E-state index is 13.2. The van der Waals surface area contributed by atoms with Crippen molar-refractivity contribution in [3.05, 3.63) is 80.5 Å². The Balaban J connectivity index is 1.28. The molecule has 1 N–H and O–H groups in total. The highest BCUT2D eigenvalue weighted by Crippen LogP contribution is 2.29. The zero-order valence-corrected chi connectivity index (χ0v) is 21.3. The molecule has 0 bridgehead atoms. The summed E-state index contributed by atoms with van der Waals surface area (Å²) in [5.41, 5.74) is 1.05. The molecule has 1 aliphatic heterocycles. The van der Waals surface area contributed by atoms with Gasteiger partial charge in [-0.2, -0.15) is 0 Å². The normalized spacial score (nSPS) is 15.6. The van der Waals surface area contributed by atoms with E-state index in [1.165, 1.54) is 0 Å². The second-order valence-corrected chi connectivity index (χ2v) is 10.1. The Morgan fingerprint density at radius 2 is 1.91 bits per heavy atom. The highest BCUT2D eigenvalue weighted by atomic mass is 35.5. The number of likely N-dealkylation sites (tertiary alicyclic amines) is 1. The highest BCUT2D eigenvalue weighted by molar-refractivity contribution is 7.10. The summed E-state index contributed by atoms with van der Waals surface area (Å²) in [6, 6.07) is 17.0. The molecule has 1 fully saturated rings. The number of piperidine rings is 1. The Bertz CT molecular complexity index is 1070. The van der Waals surface area contributed by atoms with Crippen molar-refractivity contribution in [3.63, 3.8) is 0 Å². The van der Waals surface area contributed by atoms with Crippen LogP contribution in [-0.4, -0.2) is 44.2 Å². The zero-order valence-electron chi connectivity index (χ0n) is 19.0. The number of amides is 1. The lowest BCUT2D eigenvalue weighted by Crippen LogP contribution is -2.42. The van der Waals surface area contributed by atoms with Gasteiger partial charge in [-0.25, -0.2) is 0 Å². The van der Waals surface area contributed by atoms with Crippen LogP contribution in [0.5, 0.6) is 11.5 Å².